The first-order chi connectivity index (χ1) is 19.6. The molecule has 7 atom stereocenters. The van der Waals surface area contributed by atoms with Gasteiger partial charge in [-0.15, -0.1) is 0 Å². The van der Waals surface area contributed by atoms with Crippen molar-refractivity contribution in [1.29, 1.82) is 5.26 Å². The second-order valence-corrected chi connectivity index (χ2v) is 16.2. The second kappa shape index (κ2) is 9.21. The van der Waals surface area contributed by atoms with E-state index in [0.717, 1.165) is 56.3 Å². The Bertz CT molecular complexity index is 1440. The maximum Gasteiger partial charge on any atom is 0.228 e. The van der Waals surface area contributed by atoms with Gasteiger partial charge < -0.3 is 9.26 Å². The largest absolute Gasteiger partial charge is 0.384 e. The summed E-state index contributed by atoms with van der Waals surface area (Å²) in [6.07, 6.45) is 11.1. The van der Waals surface area contributed by atoms with Crippen LogP contribution in [0.15, 0.2) is 27.8 Å². The molecule has 0 aliphatic heterocycles. The molecule has 1 heterocycles. The summed E-state index contributed by atoms with van der Waals surface area (Å²) in [5.74, 6) is 1.50. The van der Waals surface area contributed by atoms with Crippen LogP contribution in [-0.2, 0) is 26.2 Å². The van der Waals surface area contributed by atoms with Gasteiger partial charge in [0.1, 0.15) is 6.07 Å². The van der Waals surface area contributed by atoms with Crippen molar-refractivity contribution in [2.75, 3.05) is 13.7 Å². The average molecular weight is 574 g/mol. The number of nitrogens with zero attached hydrogens (tertiary/aromatic N) is 3. The zero-order valence-corrected chi connectivity index (χ0v) is 26.7. The van der Waals surface area contributed by atoms with Crippen LogP contribution in [0.25, 0.3) is 0 Å². The number of methoxy groups -OCH3 is 1. The zero-order chi connectivity index (χ0) is 30.5. The Hall–Kier alpha value is -2.59. The number of carbonyl (C=O) groups excluding carboxylic acids is 2. The van der Waals surface area contributed by atoms with E-state index in [2.05, 4.69) is 45.8 Å². The molecule has 0 radical (unpaired) electrons. The highest BCUT2D eigenvalue weighted by Crippen LogP contribution is 2.74. The molecule has 1 aromatic rings. The lowest BCUT2D eigenvalue weighted by Gasteiger charge is -2.69. The minimum Gasteiger partial charge on any atom is -0.384 e. The van der Waals surface area contributed by atoms with Crippen LogP contribution >= 0.6 is 0 Å². The van der Waals surface area contributed by atoms with Gasteiger partial charge in [0.15, 0.2) is 17.4 Å². The van der Waals surface area contributed by atoms with Crippen molar-refractivity contribution in [3.05, 3.63) is 35.0 Å². The van der Waals surface area contributed by atoms with Crippen LogP contribution < -0.4 is 0 Å². The fourth-order valence-electron chi connectivity index (χ4n) is 10.8. The number of fused-ring (bicyclic) bond motifs is 7. The normalized spacial score (nSPS) is 41.8. The summed E-state index contributed by atoms with van der Waals surface area (Å²) in [5, 5.41) is 14.5. The maximum absolute atomic E-state index is 14.7. The van der Waals surface area contributed by atoms with Gasteiger partial charge >= 0.3 is 0 Å². The lowest BCUT2D eigenvalue weighted by atomic mass is 9.34. The molecule has 0 spiro atoms. The number of nitriles is 1. The van der Waals surface area contributed by atoms with Crippen LogP contribution in [0.5, 0.6) is 0 Å². The van der Waals surface area contributed by atoms with Gasteiger partial charge in [-0.25, -0.2) is 0 Å². The summed E-state index contributed by atoms with van der Waals surface area (Å²) in [4.78, 5) is 32.9. The lowest BCUT2D eigenvalue weighted by molar-refractivity contribution is -0.160. The summed E-state index contributed by atoms with van der Waals surface area (Å²) in [6.45, 7) is 16.1. The number of allylic oxidation sites excluding steroid dienone is 4. The predicted molar refractivity (Wildman–Crippen MR) is 158 cm³/mol. The molecular weight excluding hydrogens is 526 g/mol. The topological polar surface area (TPSA) is 106 Å². The van der Waals surface area contributed by atoms with Gasteiger partial charge in [-0.05, 0) is 79.1 Å². The first-order valence-corrected chi connectivity index (χ1v) is 15.9. The molecule has 0 saturated heterocycles. The summed E-state index contributed by atoms with van der Waals surface area (Å²) >= 11 is 0. The molecule has 0 bridgehead atoms. The Balaban J connectivity index is 1.49. The molecule has 3 fully saturated rings. The molecule has 0 amide bonds. The summed E-state index contributed by atoms with van der Waals surface area (Å²) in [5.41, 5.74) is -0.497. The number of hydrogen-bond donors (Lipinski definition) is 0. The molecule has 7 heteroatoms. The number of ether oxygens (including phenoxy) is 1. The molecule has 1 aromatic heterocycles. The van der Waals surface area contributed by atoms with E-state index in [-0.39, 0.29) is 56.6 Å². The van der Waals surface area contributed by atoms with E-state index in [1.54, 1.807) is 7.11 Å². The molecule has 3 saturated carbocycles. The van der Waals surface area contributed by atoms with Crippen LogP contribution in [-0.4, -0.2) is 35.4 Å². The van der Waals surface area contributed by atoms with Gasteiger partial charge in [0.05, 0.1) is 18.6 Å². The van der Waals surface area contributed by atoms with Gasteiger partial charge in [-0.1, -0.05) is 65.3 Å². The van der Waals surface area contributed by atoms with E-state index < -0.39 is 10.8 Å². The number of hydrogen-bond acceptors (Lipinski definition) is 7. The van der Waals surface area contributed by atoms with Crippen molar-refractivity contribution >= 4 is 11.6 Å². The minimum atomic E-state index is -0.661. The quantitative estimate of drug-likeness (QED) is 0.393. The van der Waals surface area contributed by atoms with E-state index in [9.17, 15) is 14.9 Å². The van der Waals surface area contributed by atoms with Gasteiger partial charge in [0.2, 0.25) is 5.89 Å². The molecule has 0 aromatic carbocycles. The van der Waals surface area contributed by atoms with Crippen LogP contribution in [0.1, 0.15) is 105 Å². The Morgan fingerprint density at radius 3 is 2.45 bits per heavy atom. The van der Waals surface area contributed by atoms with Crippen molar-refractivity contribution in [3.8, 4) is 6.07 Å². The maximum atomic E-state index is 14.7. The molecule has 0 N–H and O–H groups in total. The third-order valence-corrected chi connectivity index (χ3v) is 13.3. The molecule has 5 aliphatic carbocycles. The van der Waals surface area contributed by atoms with Crippen molar-refractivity contribution in [2.45, 2.75) is 105 Å². The number of Topliss-reactive ketones (excluding diaryl/α,β-unsaturated/α-hetero) is 1. The molecule has 5 aliphatic rings. The number of ketones is 2. The minimum absolute atomic E-state index is 0.0445. The van der Waals surface area contributed by atoms with Crippen molar-refractivity contribution in [3.63, 3.8) is 0 Å². The monoisotopic (exact) mass is 573 g/mol. The SMILES string of the molecule is COCCc1nc([C@]23CCC(C)(C)C[C@H]2[C@H]2C(=O)C=C4[C@@]5(C)C=C(C#N)C(=O)C(C)(C)[C@@H]5CC[C@@]4(C)[C@]2(C)CC3)no1. The van der Waals surface area contributed by atoms with Crippen molar-refractivity contribution in [2.24, 2.45) is 44.8 Å². The Labute approximate surface area is 250 Å². The Kier molecular flexibility index (Phi) is 6.46. The van der Waals surface area contributed by atoms with Gasteiger partial charge in [0.25, 0.3) is 0 Å². The molecular formula is C35H47N3O4. The van der Waals surface area contributed by atoms with Gasteiger partial charge in [0, 0.05) is 29.3 Å². The highest BCUT2D eigenvalue weighted by molar-refractivity contribution is 6.04. The fourth-order valence-corrected chi connectivity index (χ4v) is 10.8. The van der Waals surface area contributed by atoms with Gasteiger partial charge in [-0.3, -0.25) is 9.59 Å². The second-order valence-electron chi connectivity index (χ2n) is 16.2. The standard InChI is InChI=1S/C35H47N3O4/c1-30(2)12-14-35(29-37-26(42-38-29)10-16-41-8)15-13-34(7)27(22(35)19-30)23(39)17-25-32(5)18-21(20-36)28(40)31(3,4)24(32)9-11-33(25,34)6/h17-18,22,24,27H,9-16,19H2,1-8H3/t22-,24-,27-,32-,33+,34+,35-/m0/s1. The van der Waals surface area contributed by atoms with Crippen LogP contribution in [0.2, 0.25) is 0 Å². The van der Waals surface area contributed by atoms with E-state index >= 15 is 0 Å². The number of aromatic nitrogens is 2. The van der Waals surface area contributed by atoms with Crippen LogP contribution in [0.3, 0.4) is 0 Å². The van der Waals surface area contributed by atoms with Crippen molar-refractivity contribution < 1.29 is 18.8 Å². The summed E-state index contributed by atoms with van der Waals surface area (Å²) in [7, 11) is 1.67. The van der Waals surface area contributed by atoms with Crippen LogP contribution in [0.4, 0.5) is 0 Å². The Morgan fingerprint density at radius 2 is 1.76 bits per heavy atom. The van der Waals surface area contributed by atoms with Gasteiger partial charge in [-0.2, -0.15) is 10.2 Å². The third kappa shape index (κ3) is 3.72. The smallest absolute Gasteiger partial charge is 0.228 e. The Morgan fingerprint density at radius 1 is 1.05 bits per heavy atom. The number of carbonyl (C=O) groups is 2. The summed E-state index contributed by atoms with van der Waals surface area (Å²) < 4.78 is 11.0. The van der Waals surface area contributed by atoms with Crippen LogP contribution in [0, 0.1) is 56.2 Å². The van der Waals surface area contributed by atoms with E-state index in [1.807, 2.05) is 26.0 Å². The fraction of sp³-hybridized carbons (Fsp3) is 0.743. The van der Waals surface area contributed by atoms with E-state index in [1.165, 1.54) is 0 Å². The highest BCUT2D eigenvalue weighted by Gasteiger charge is 2.70. The number of rotatable bonds is 4. The molecule has 6 rings (SSSR count). The third-order valence-electron chi connectivity index (χ3n) is 13.3. The molecule has 42 heavy (non-hydrogen) atoms. The van der Waals surface area contributed by atoms with E-state index in [4.69, 9.17) is 14.2 Å². The first kappa shape index (κ1) is 29.5. The van der Waals surface area contributed by atoms with E-state index in [0.29, 0.717) is 18.9 Å². The average Bonchev–Trinajstić information content (AvgIpc) is 3.40. The summed E-state index contributed by atoms with van der Waals surface area (Å²) in [6, 6.07) is 2.21. The van der Waals surface area contributed by atoms with Crippen molar-refractivity contribution in [1.82, 2.24) is 10.1 Å². The zero-order valence-electron chi connectivity index (χ0n) is 26.7. The molecule has 7 nitrogen and oxygen atoms in total. The molecule has 226 valence electrons. The lowest BCUT2D eigenvalue weighted by Crippen LogP contribution is -2.65. The molecule has 0 unspecified atom stereocenters. The highest BCUT2D eigenvalue weighted by atomic mass is 16.5. The first-order valence-electron chi connectivity index (χ1n) is 15.9. The predicted octanol–water partition coefficient (Wildman–Crippen LogP) is 6.73.